The van der Waals surface area contributed by atoms with Crippen LogP contribution in [0.3, 0.4) is 0 Å². The van der Waals surface area contributed by atoms with Gasteiger partial charge in [0.2, 0.25) is 0 Å². The largest absolute Gasteiger partial charge is 0.505 e. The molecule has 0 radical (unpaired) electrons. The molecule has 2 rings (SSSR count). The number of halogens is 1. The van der Waals surface area contributed by atoms with Gasteiger partial charge in [-0.05, 0) is 40.7 Å². The molecule has 3 N–H and O–H groups in total. The van der Waals surface area contributed by atoms with E-state index < -0.39 is 0 Å². The normalized spacial score (nSPS) is 12.8. The Balaban J connectivity index is 2.58. The number of nitrogens with zero attached hydrogens (tertiary/aromatic N) is 2. The minimum Gasteiger partial charge on any atom is -0.505 e. The van der Waals surface area contributed by atoms with E-state index in [-0.39, 0.29) is 16.6 Å². The first-order valence-electron chi connectivity index (χ1n) is 8.24. The average Bonchev–Trinajstić information content (AvgIpc) is 2.45. The second-order valence-corrected chi connectivity index (χ2v) is 8.73. The molecule has 0 bridgehead atoms. The number of benzene rings is 2. The fourth-order valence-electron chi connectivity index (χ4n) is 2.42. The standard InChI is InChI=1S/C20H26ClN3O/c1-19(2,3)12-9-14(20(4,5)6)18(25)17(10-12)24-23-16-8-7-13(21)11-15(16)22/h7-11,25H,22H2,1-6H3/b24-23+. The summed E-state index contributed by atoms with van der Waals surface area (Å²) in [6.45, 7) is 12.6. The Kier molecular flexibility index (Phi) is 5.14. The third-order valence-electron chi connectivity index (χ3n) is 4.02. The van der Waals surface area contributed by atoms with E-state index >= 15 is 0 Å². The van der Waals surface area contributed by atoms with Crippen LogP contribution in [0.4, 0.5) is 17.1 Å². The Morgan fingerprint density at radius 2 is 1.48 bits per heavy atom. The van der Waals surface area contributed by atoms with Gasteiger partial charge in [-0.25, -0.2) is 0 Å². The molecule has 0 aliphatic carbocycles. The Hall–Kier alpha value is -2.07. The molecule has 0 fully saturated rings. The Bertz CT molecular complexity index is 815. The zero-order valence-corrected chi connectivity index (χ0v) is 16.4. The third-order valence-corrected chi connectivity index (χ3v) is 4.25. The van der Waals surface area contributed by atoms with Crippen molar-refractivity contribution in [3.8, 4) is 5.75 Å². The molecule has 25 heavy (non-hydrogen) atoms. The predicted octanol–water partition coefficient (Wildman–Crippen LogP) is 6.64. The van der Waals surface area contributed by atoms with Gasteiger partial charge in [0.15, 0.2) is 0 Å². The monoisotopic (exact) mass is 359 g/mol. The lowest BCUT2D eigenvalue weighted by molar-refractivity contribution is 0.446. The minimum atomic E-state index is -0.213. The number of phenolic OH excluding ortho intramolecular Hbond substituents is 1. The van der Waals surface area contributed by atoms with Gasteiger partial charge in [0.05, 0.1) is 5.69 Å². The van der Waals surface area contributed by atoms with E-state index in [0.717, 1.165) is 11.1 Å². The number of rotatable bonds is 2. The lowest BCUT2D eigenvalue weighted by Crippen LogP contribution is -2.16. The molecule has 134 valence electrons. The lowest BCUT2D eigenvalue weighted by atomic mass is 9.80. The maximum absolute atomic E-state index is 10.7. The number of anilines is 1. The van der Waals surface area contributed by atoms with E-state index in [4.69, 9.17) is 17.3 Å². The maximum atomic E-state index is 10.7. The van der Waals surface area contributed by atoms with Gasteiger partial charge in [0, 0.05) is 10.6 Å². The summed E-state index contributed by atoms with van der Waals surface area (Å²) in [7, 11) is 0. The molecule has 0 aliphatic heterocycles. The topological polar surface area (TPSA) is 71.0 Å². The highest BCUT2D eigenvalue weighted by molar-refractivity contribution is 6.31. The quantitative estimate of drug-likeness (QED) is 0.466. The molecular weight excluding hydrogens is 334 g/mol. The lowest BCUT2D eigenvalue weighted by Gasteiger charge is -2.26. The van der Waals surface area contributed by atoms with Crippen LogP contribution in [0.25, 0.3) is 0 Å². The molecular formula is C20H26ClN3O. The molecule has 0 spiro atoms. The Labute approximate surface area is 154 Å². The van der Waals surface area contributed by atoms with E-state index in [9.17, 15) is 5.11 Å². The van der Waals surface area contributed by atoms with Gasteiger partial charge in [0.25, 0.3) is 0 Å². The summed E-state index contributed by atoms with van der Waals surface area (Å²) >= 11 is 5.91. The Morgan fingerprint density at radius 3 is 2.00 bits per heavy atom. The van der Waals surface area contributed by atoms with Crippen molar-refractivity contribution >= 4 is 28.7 Å². The van der Waals surface area contributed by atoms with Crippen LogP contribution < -0.4 is 5.73 Å². The summed E-state index contributed by atoms with van der Waals surface area (Å²) in [6, 6.07) is 8.96. The maximum Gasteiger partial charge on any atom is 0.146 e. The highest BCUT2D eigenvalue weighted by Gasteiger charge is 2.25. The first-order chi connectivity index (χ1) is 11.4. The van der Waals surface area contributed by atoms with Crippen LogP contribution in [-0.4, -0.2) is 5.11 Å². The van der Waals surface area contributed by atoms with Crippen molar-refractivity contribution in [2.45, 2.75) is 52.4 Å². The summed E-state index contributed by atoms with van der Waals surface area (Å²) in [5, 5.41) is 19.7. The smallest absolute Gasteiger partial charge is 0.146 e. The van der Waals surface area contributed by atoms with Crippen molar-refractivity contribution in [2.75, 3.05) is 5.73 Å². The van der Waals surface area contributed by atoms with Gasteiger partial charge >= 0.3 is 0 Å². The van der Waals surface area contributed by atoms with Crippen LogP contribution in [0.2, 0.25) is 5.02 Å². The summed E-state index contributed by atoms with van der Waals surface area (Å²) in [5.41, 5.74) is 8.97. The van der Waals surface area contributed by atoms with Crippen LogP contribution in [0.5, 0.6) is 5.75 Å². The number of nitrogen functional groups attached to an aromatic ring is 1. The zero-order chi connectivity index (χ0) is 19.0. The number of aromatic hydroxyl groups is 1. The second-order valence-electron chi connectivity index (χ2n) is 8.29. The van der Waals surface area contributed by atoms with Crippen LogP contribution >= 0.6 is 11.6 Å². The van der Waals surface area contributed by atoms with E-state index in [1.54, 1.807) is 18.2 Å². The average molecular weight is 360 g/mol. The number of hydrogen-bond acceptors (Lipinski definition) is 4. The number of nitrogens with two attached hydrogens (primary N) is 1. The third kappa shape index (κ3) is 4.51. The molecule has 0 aliphatic rings. The summed E-state index contributed by atoms with van der Waals surface area (Å²) in [5.74, 6) is 0.150. The predicted molar refractivity (Wildman–Crippen MR) is 106 cm³/mol. The van der Waals surface area contributed by atoms with Crippen molar-refractivity contribution in [3.05, 3.63) is 46.5 Å². The molecule has 2 aromatic rings. The molecule has 0 unspecified atom stereocenters. The Morgan fingerprint density at radius 1 is 0.880 bits per heavy atom. The highest BCUT2D eigenvalue weighted by atomic mass is 35.5. The van der Waals surface area contributed by atoms with Crippen LogP contribution in [-0.2, 0) is 10.8 Å². The fraction of sp³-hybridized carbons (Fsp3) is 0.400. The number of azo groups is 1. The van der Waals surface area contributed by atoms with E-state index in [1.807, 2.05) is 12.1 Å². The minimum absolute atomic E-state index is 0.0722. The van der Waals surface area contributed by atoms with Gasteiger partial charge in [-0.1, -0.05) is 59.2 Å². The van der Waals surface area contributed by atoms with Crippen molar-refractivity contribution in [2.24, 2.45) is 10.2 Å². The van der Waals surface area contributed by atoms with Gasteiger partial charge in [-0.2, -0.15) is 0 Å². The molecule has 0 heterocycles. The van der Waals surface area contributed by atoms with Crippen molar-refractivity contribution in [1.29, 1.82) is 0 Å². The molecule has 2 aromatic carbocycles. The molecule has 0 atom stereocenters. The van der Waals surface area contributed by atoms with E-state index in [2.05, 4.69) is 51.8 Å². The SMILES string of the molecule is CC(C)(C)c1cc(/N=N/c2ccc(Cl)cc2N)c(O)c(C(C)(C)C)c1. The molecule has 5 heteroatoms. The molecule has 0 saturated carbocycles. The fourth-order valence-corrected chi connectivity index (χ4v) is 2.60. The highest BCUT2D eigenvalue weighted by Crippen LogP contribution is 2.42. The number of hydrogen-bond donors (Lipinski definition) is 2. The van der Waals surface area contributed by atoms with Gasteiger partial charge in [-0.15, -0.1) is 10.2 Å². The van der Waals surface area contributed by atoms with Crippen molar-refractivity contribution in [3.63, 3.8) is 0 Å². The second kappa shape index (κ2) is 6.68. The van der Waals surface area contributed by atoms with Gasteiger partial charge in [-0.3, -0.25) is 0 Å². The first kappa shape index (κ1) is 19.3. The van der Waals surface area contributed by atoms with E-state index in [0.29, 0.717) is 22.1 Å². The van der Waals surface area contributed by atoms with Crippen molar-refractivity contribution in [1.82, 2.24) is 0 Å². The van der Waals surface area contributed by atoms with Crippen LogP contribution in [0, 0.1) is 0 Å². The molecule has 4 nitrogen and oxygen atoms in total. The summed E-state index contributed by atoms with van der Waals surface area (Å²) < 4.78 is 0. The first-order valence-corrected chi connectivity index (χ1v) is 8.62. The summed E-state index contributed by atoms with van der Waals surface area (Å²) in [4.78, 5) is 0. The molecule has 0 aromatic heterocycles. The summed E-state index contributed by atoms with van der Waals surface area (Å²) in [6.07, 6.45) is 0. The molecule has 0 amide bonds. The van der Waals surface area contributed by atoms with Crippen LogP contribution in [0.1, 0.15) is 52.7 Å². The van der Waals surface area contributed by atoms with Gasteiger partial charge < -0.3 is 10.8 Å². The van der Waals surface area contributed by atoms with Gasteiger partial charge in [0.1, 0.15) is 17.1 Å². The van der Waals surface area contributed by atoms with E-state index in [1.165, 1.54) is 0 Å². The number of phenols is 1. The molecule has 0 saturated heterocycles. The zero-order valence-electron chi connectivity index (χ0n) is 15.7. The van der Waals surface area contributed by atoms with Crippen molar-refractivity contribution < 1.29 is 5.11 Å². The van der Waals surface area contributed by atoms with Crippen LogP contribution in [0.15, 0.2) is 40.6 Å².